The first-order valence-electron chi connectivity index (χ1n) is 9.12. The van der Waals surface area contributed by atoms with E-state index >= 15 is 0 Å². The van der Waals surface area contributed by atoms with E-state index in [9.17, 15) is 31.1 Å². The van der Waals surface area contributed by atoms with Crippen molar-refractivity contribution in [2.45, 2.75) is 18.5 Å². The quantitative estimate of drug-likeness (QED) is 0.683. The largest absolute Gasteiger partial charge is 0.431 e. The molecule has 0 spiro atoms. The third-order valence-electron chi connectivity index (χ3n) is 4.85. The second-order valence-electron chi connectivity index (χ2n) is 6.91. The molecule has 2 N–H and O–H groups in total. The molecule has 1 saturated heterocycles. The van der Waals surface area contributed by atoms with Gasteiger partial charge in [0.2, 0.25) is 6.10 Å². The second-order valence-corrected chi connectivity index (χ2v) is 6.91. The number of nitrogens with zero attached hydrogens (tertiary/aromatic N) is 3. The average molecular weight is 447 g/mol. The third-order valence-corrected chi connectivity index (χ3v) is 4.85. The molecule has 2 aliphatic rings. The minimum Gasteiger partial charge on any atom is -0.431 e. The minimum atomic E-state index is -5.01. The molecule has 1 amide bonds. The van der Waals surface area contributed by atoms with E-state index in [4.69, 9.17) is 0 Å². The van der Waals surface area contributed by atoms with Gasteiger partial charge in [-0.15, -0.1) is 0 Å². The number of carbonyl (C=O) groups excluding carboxylic acids is 1. The van der Waals surface area contributed by atoms with Crippen LogP contribution in [0.1, 0.15) is 17.2 Å². The zero-order valence-electron chi connectivity index (χ0n) is 15.6. The fourth-order valence-corrected chi connectivity index (χ4v) is 3.46. The number of amides is 1. The highest BCUT2D eigenvalue weighted by molar-refractivity contribution is 5.89. The summed E-state index contributed by atoms with van der Waals surface area (Å²) >= 11 is 0. The standard InChI is InChI=1S/C18H15F6N5O2/c19-17(20,21)9-7-11(27-12(8-9)29-5-3-25-4-6-29)10-1-2-26-15-13(10)14(18(22,23)24)31-16(30)28-15/h1-2,7-8,14,25H,3-6H2,(H,26,28,30). The molecule has 4 rings (SSSR count). The van der Waals surface area contributed by atoms with Gasteiger partial charge in [-0.05, 0) is 18.2 Å². The Hall–Kier alpha value is -3.09. The number of ether oxygens (including phenoxy) is 1. The Morgan fingerprint density at radius 1 is 1.10 bits per heavy atom. The van der Waals surface area contributed by atoms with Crippen LogP contribution in [0.15, 0.2) is 24.4 Å². The number of fused-ring (bicyclic) bond motifs is 1. The van der Waals surface area contributed by atoms with E-state index in [0.29, 0.717) is 32.2 Å². The Morgan fingerprint density at radius 3 is 2.45 bits per heavy atom. The van der Waals surface area contributed by atoms with Crippen molar-refractivity contribution in [2.75, 3.05) is 36.4 Å². The van der Waals surface area contributed by atoms with E-state index in [2.05, 4.69) is 25.3 Å². The normalized spacial score (nSPS) is 19.5. The van der Waals surface area contributed by atoms with E-state index in [0.717, 1.165) is 18.3 Å². The van der Waals surface area contributed by atoms with Gasteiger partial charge in [-0.25, -0.2) is 14.8 Å². The molecule has 4 heterocycles. The number of piperazine rings is 1. The lowest BCUT2D eigenvalue weighted by Gasteiger charge is -2.30. The molecule has 1 atom stereocenters. The number of pyridine rings is 2. The number of cyclic esters (lactones) is 1. The lowest BCUT2D eigenvalue weighted by atomic mass is 9.98. The lowest BCUT2D eigenvalue weighted by molar-refractivity contribution is -0.206. The SMILES string of the molecule is O=C1Nc2nccc(-c3cc(C(F)(F)F)cc(N4CCNCC4)n3)c2C(C(F)(F)F)O1. The molecule has 13 heteroatoms. The smallest absolute Gasteiger partial charge is 0.430 e. The average Bonchev–Trinajstić information content (AvgIpc) is 2.71. The molecule has 166 valence electrons. The van der Waals surface area contributed by atoms with Gasteiger partial charge in [0.15, 0.2) is 0 Å². The summed E-state index contributed by atoms with van der Waals surface area (Å²) in [6.45, 7) is 1.81. The van der Waals surface area contributed by atoms with Gasteiger partial charge < -0.3 is 15.0 Å². The van der Waals surface area contributed by atoms with Crippen LogP contribution in [0, 0.1) is 0 Å². The first kappa shape index (κ1) is 21.2. The summed E-state index contributed by atoms with van der Waals surface area (Å²) in [5.41, 5.74) is -2.26. The Balaban J connectivity index is 1.90. The van der Waals surface area contributed by atoms with Gasteiger partial charge in [-0.3, -0.25) is 5.32 Å². The zero-order valence-corrected chi connectivity index (χ0v) is 15.6. The molecule has 31 heavy (non-hydrogen) atoms. The predicted octanol–water partition coefficient (Wildman–Crippen LogP) is 3.74. The molecule has 7 nitrogen and oxygen atoms in total. The van der Waals surface area contributed by atoms with Crippen LogP contribution in [-0.2, 0) is 10.9 Å². The van der Waals surface area contributed by atoms with Crippen LogP contribution in [0.4, 0.5) is 42.8 Å². The molecule has 1 fully saturated rings. The van der Waals surface area contributed by atoms with Crippen molar-refractivity contribution in [1.29, 1.82) is 0 Å². The molecule has 0 radical (unpaired) electrons. The maximum Gasteiger partial charge on any atom is 0.430 e. The predicted molar refractivity (Wildman–Crippen MR) is 96.5 cm³/mol. The van der Waals surface area contributed by atoms with E-state index in [-0.39, 0.29) is 17.1 Å². The van der Waals surface area contributed by atoms with Crippen molar-refractivity contribution < 1.29 is 35.9 Å². The molecule has 0 saturated carbocycles. The summed E-state index contributed by atoms with van der Waals surface area (Å²) in [5, 5.41) is 5.12. The molecule has 2 aromatic rings. The van der Waals surface area contributed by atoms with Crippen LogP contribution in [0.5, 0.6) is 0 Å². The summed E-state index contributed by atoms with van der Waals surface area (Å²) in [5.74, 6) is -0.458. The summed E-state index contributed by atoms with van der Waals surface area (Å²) in [7, 11) is 0. The third kappa shape index (κ3) is 4.22. The monoisotopic (exact) mass is 447 g/mol. The van der Waals surface area contributed by atoms with Crippen molar-refractivity contribution >= 4 is 17.7 Å². The fraction of sp³-hybridized carbons (Fsp3) is 0.389. The highest BCUT2D eigenvalue weighted by Crippen LogP contribution is 2.46. The van der Waals surface area contributed by atoms with Gasteiger partial charge in [0.1, 0.15) is 11.6 Å². The topological polar surface area (TPSA) is 79.4 Å². The number of nitrogens with one attached hydrogen (secondary N) is 2. The molecule has 2 aromatic heterocycles. The maximum atomic E-state index is 13.6. The lowest BCUT2D eigenvalue weighted by Crippen LogP contribution is -2.44. The van der Waals surface area contributed by atoms with Crippen LogP contribution >= 0.6 is 0 Å². The van der Waals surface area contributed by atoms with Gasteiger partial charge in [0, 0.05) is 37.9 Å². The van der Waals surface area contributed by atoms with E-state index in [1.807, 2.05) is 0 Å². The number of aromatic nitrogens is 2. The summed E-state index contributed by atoms with van der Waals surface area (Å²) in [6, 6.07) is 2.65. The van der Waals surface area contributed by atoms with Crippen LogP contribution in [0.3, 0.4) is 0 Å². The van der Waals surface area contributed by atoms with Crippen molar-refractivity contribution in [2.24, 2.45) is 0 Å². The number of alkyl halides is 6. The number of carbonyl (C=O) groups is 1. The molecule has 0 aromatic carbocycles. The van der Waals surface area contributed by atoms with Crippen LogP contribution in [0.25, 0.3) is 11.3 Å². The first-order valence-corrected chi connectivity index (χ1v) is 9.12. The maximum absolute atomic E-state index is 13.6. The van der Waals surface area contributed by atoms with Gasteiger partial charge >= 0.3 is 18.4 Å². The molecule has 0 bridgehead atoms. The zero-order chi connectivity index (χ0) is 22.4. The number of halogens is 6. The summed E-state index contributed by atoms with van der Waals surface area (Å²) < 4.78 is 85.8. The van der Waals surface area contributed by atoms with Crippen molar-refractivity contribution in [1.82, 2.24) is 15.3 Å². The number of hydrogen-bond donors (Lipinski definition) is 2. The van der Waals surface area contributed by atoms with E-state index in [1.54, 1.807) is 4.90 Å². The van der Waals surface area contributed by atoms with Gasteiger partial charge in [-0.1, -0.05) is 0 Å². The highest BCUT2D eigenvalue weighted by Gasteiger charge is 2.49. The number of anilines is 2. The van der Waals surface area contributed by atoms with E-state index < -0.39 is 41.5 Å². The molecule has 2 aliphatic heterocycles. The Bertz CT molecular complexity index is 1000. The van der Waals surface area contributed by atoms with E-state index in [1.165, 1.54) is 0 Å². The molecular formula is C18H15F6N5O2. The number of hydrogen-bond acceptors (Lipinski definition) is 6. The van der Waals surface area contributed by atoms with Crippen molar-refractivity contribution in [3.05, 3.63) is 35.5 Å². The number of rotatable bonds is 2. The second kappa shape index (κ2) is 7.55. The van der Waals surface area contributed by atoms with Gasteiger partial charge in [0.05, 0.1) is 16.8 Å². The van der Waals surface area contributed by atoms with Crippen LogP contribution in [0.2, 0.25) is 0 Å². The molecular weight excluding hydrogens is 432 g/mol. The summed E-state index contributed by atoms with van der Waals surface area (Å²) in [4.78, 5) is 21.1. The Kier molecular flexibility index (Phi) is 5.15. The van der Waals surface area contributed by atoms with Gasteiger partial charge in [-0.2, -0.15) is 26.3 Å². The van der Waals surface area contributed by atoms with Crippen molar-refractivity contribution in [3.8, 4) is 11.3 Å². The Labute approximate surface area is 171 Å². The molecule has 0 aliphatic carbocycles. The highest BCUT2D eigenvalue weighted by atomic mass is 19.4. The first-order chi connectivity index (χ1) is 14.5. The summed E-state index contributed by atoms with van der Waals surface area (Å²) in [6.07, 6.45) is -12.7. The fourth-order valence-electron chi connectivity index (χ4n) is 3.46. The Morgan fingerprint density at radius 2 is 1.81 bits per heavy atom. The van der Waals surface area contributed by atoms with Gasteiger partial charge in [0.25, 0.3) is 0 Å². The van der Waals surface area contributed by atoms with Crippen molar-refractivity contribution in [3.63, 3.8) is 0 Å². The minimum absolute atomic E-state index is 0.0128. The molecule has 1 unspecified atom stereocenters. The van der Waals surface area contributed by atoms with Crippen LogP contribution in [-0.4, -0.2) is 48.4 Å². The van der Waals surface area contributed by atoms with Crippen LogP contribution < -0.4 is 15.5 Å².